The number of hydrogen-bond acceptors (Lipinski definition) is 4. The molecule has 2 fully saturated rings. The molecule has 2 aliphatic heterocycles. The van der Waals surface area contributed by atoms with Gasteiger partial charge in [-0.1, -0.05) is 26.7 Å². The average Bonchev–Trinajstić information content (AvgIpc) is 2.60. The van der Waals surface area contributed by atoms with Crippen LogP contribution in [0.25, 0.3) is 0 Å². The summed E-state index contributed by atoms with van der Waals surface area (Å²) >= 11 is 0. The van der Waals surface area contributed by atoms with Gasteiger partial charge in [-0.15, -0.1) is 24.0 Å². The van der Waals surface area contributed by atoms with Crippen molar-refractivity contribution in [3.63, 3.8) is 0 Å². The number of nitrogens with two attached hydrogens (primary N) is 1. The monoisotopic (exact) mass is 440 g/mol. The van der Waals surface area contributed by atoms with Crippen molar-refractivity contribution in [2.75, 3.05) is 59.2 Å². The van der Waals surface area contributed by atoms with Gasteiger partial charge in [-0.3, -0.25) is 9.89 Å². The number of guanidine groups is 1. The largest absolute Gasteiger partial charge is 0.379 e. The minimum absolute atomic E-state index is 0. The quantitative estimate of drug-likeness (QED) is 0.384. The predicted molar refractivity (Wildman–Crippen MR) is 105 cm³/mol. The molecule has 1 atom stereocenters. The van der Waals surface area contributed by atoms with E-state index in [-0.39, 0.29) is 24.0 Å². The first-order chi connectivity index (χ1) is 10.8. The zero-order chi connectivity index (χ0) is 15.8. The lowest BCUT2D eigenvalue weighted by atomic mass is 9.92. The topological polar surface area (TPSA) is 63.3 Å². The van der Waals surface area contributed by atoms with Crippen molar-refractivity contribution in [2.45, 2.75) is 32.7 Å². The Balaban J connectivity index is 0.00000264. The first-order valence-electron chi connectivity index (χ1n) is 8.70. The van der Waals surface area contributed by atoms with Crippen LogP contribution in [0.2, 0.25) is 0 Å². The van der Waals surface area contributed by atoms with Crippen molar-refractivity contribution in [1.82, 2.24) is 9.80 Å². The van der Waals surface area contributed by atoms with Gasteiger partial charge in [0.05, 0.1) is 33.0 Å². The summed E-state index contributed by atoms with van der Waals surface area (Å²) in [6.45, 7) is 12.2. The Bertz CT molecular complexity index is 341. The maximum absolute atomic E-state index is 6.19. The zero-order valence-corrected chi connectivity index (χ0v) is 16.9. The summed E-state index contributed by atoms with van der Waals surface area (Å²) in [5, 5.41) is 0. The molecule has 2 saturated heterocycles. The van der Waals surface area contributed by atoms with Gasteiger partial charge >= 0.3 is 0 Å². The van der Waals surface area contributed by atoms with E-state index in [0.717, 1.165) is 59.2 Å². The Hall–Kier alpha value is -0.120. The third-order valence-electron chi connectivity index (χ3n) is 4.88. The van der Waals surface area contributed by atoms with Crippen LogP contribution in [0, 0.1) is 5.92 Å². The molecule has 6 nitrogen and oxygen atoms in total. The van der Waals surface area contributed by atoms with Crippen LogP contribution in [-0.4, -0.2) is 81.0 Å². The molecule has 7 heteroatoms. The van der Waals surface area contributed by atoms with Crippen molar-refractivity contribution in [2.24, 2.45) is 16.6 Å². The number of morpholine rings is 2. The second kappa shape index (κ2) is 11.4. The van der Waals surface area contributed by atoms with Crippen molar-refractivity contribution >= 4 is 29.9 Å². The highest BCUT2D eigenvalue weighted by molar-refractivity contribution is 14.0. The second-order valence-electron chi connectivity index (χ2n) is 6.09. The van der Waals surface area contributed by atoms with Crippen LogP contribution >= 0.6 is 24.0 Å². The van der Waals surface area contributed by atoms with Gasteiger partial charge in [-0.2, -0.15) is 0 Å². The average molecular weight is 440 g/mol. The molecule has 2 heterocycles. The molecule has 0 amide bonds. The summed E-state index contributed by atoms with van der Waals surface area (Å²) in [6.07, 6.45) is 2.37. The number of aliphatic imine (C=N–C) groups is 1. The standard InChI is InChI=1S/C16H32N4O2.HI/c1-3-14(4-2)15(19-5-9-21-10-6-19)13-18-16(17)20-7-11-22-12-8-20;/h14-15H,3-13H2,1-2H3,(H2,17,18);1H. The van der Waals surface area contributed by atoms with Gasteiger partial charge in [0, 0.05) is 32.2 Å². The van der Waals surface area contributed by atoms with Gasteiger partial charge < -0.3 is 20.1 Å². The van der Waals surface area contributed by atoms with E-state index < -0.39 is 0 Å². The highest BCUT2D eigenvalue weighted by atomic mass is 127. The summed E-state index contributed by atoms with van der Waals surface area (Å²) in [5.41, 5.74) is 6.19. The minimum Gasteiger partial charge on any atom is -0.379 e. The fourth-order valence-electron chi connectivity index (χ4n) is 3.38. The smallest absolute Gasteiger partial charge is 0.191 e. The highest BCUT2D eigenvalue weighted by Gasteiger charge is 2.27. The SMILES string of the molecule is CCC(CC)C(CN=C(N)N1CCOCC1)N1CCOCC1.I. The normalized spacial score (nSPS) is 22.0. The fourth-order valence-corrected chi connectivity index (χ4v) is 3.38. The Morgan fingerprint density at radius 2 is 1.52 bits per heavy atom. The van der Waals surface area contributed by atoms with E-state index in [1.54, 1.807) is 0 Å². The Morgan fingerprint density at radius 1 is 1.00 bits per heavy atom. The van der Waals surface area contributed by atoms with E-state index >= 15 is 0 Å². The molecule has 0 aromatic carbocycles. The molecular formula is C16H33IN4O2. The van der Waals surface area contributed by atoms with E-state index in [1.807, 2.05) is 0 Å². The maximum atomic E-state index is 6.19. The molecule has 0 saturated carbocycles. The van der Waals surface area contributed by atoms with Gasteiger partial charge in [0.25, 0.3) is 0 Å². The summed E-state index contributed by atoms with van der Waals surface area (Å²) in [6, 6.07) is 0.471. The van der Waals surface area contributed by atoms with E-state index in [0.29, 0.717) is 17.9 Å². The van der Waals surface area contributed by atoms with Crippen LogP contribution in [0.3, 0.4) is 0 Å². The first kappa shape index (κ1) is 20.9. The third kappa shape index (κ3) is 6.36. The van der Waals surface area contributed by atoms with E-state index in [4.69, 9.17) is 20.2 Å². The first-order valence-corrected chi connectivity index (χ1v) is 8.70. The Labute approximate surface area is 157 Å². The molecule has 0 aliphatic carbocycles. The van der Waals surface area contributed by atoms with Crippen LogP contribution < -0.4 is 5.73 Å². The number of rotatable bonds is 6. The van der Waals surface area contributed by atoms with Crippen LogP contribution in [-0.2, 0) is 9.47 Å². The summed E-state index contributed by atoms with van der Waals surface area (Å²) in [4.78, 5) is 9.39. The van der Waals surface area contributed by atoms with Crippen LogP contribution in [0.5, 0.6) is 0 Å². The molecule has 23 heavy (non-hydrogen) atoms. The van der Waals surface area contributed by atoms with Gasteiger partial charge in [0.15, 0.2) is 5.96 Å². The molecule has 136 valence electrons. The molecule has 0 spiro atoms. The van der Waals surface area contributed by atoms with Gasteiger partial charge in [-0.05, 0) is 5.92 Å². The lowest BCUT2D eigenvalue weighted by Crippen LogP contribution is -2.49. The maximum Gasteiger partial charge on any atom is 0.191 e. The van der Waals surface area contributed by atoms with Crippen LogP contribution in [0.4, 0.5) is 0 Å². The van der Waals surface area contributed by atoms with Gasteiger partial charge in [0.2, 0.25) is 0 Å². The number of ether oxygens (including phenoxy) is 2. The molecule has 0 aromatic heterocycles. The minimum atomic E-state index is 0. The zero-order valence-electron chi connectivity index (χ0n) is 14.6. The Morgan fingerprint density at radius 3 is 2.04 bits per heavy atom. The molecular weight excluding hydrogens is 407 g/mol. The van der Waals surface area contributed by atoms with Gasteiger partial charge in [0.1, 0.15) is 0 Å². The lowest BCUT2D eigenvalue weighted by Gasteiger charge is -2.38. The molecule has 0 bridgehead atoms. The lowest BCUT2D eigenvalue weighted by molar-refractivity contribution is 0.00384. The van der Waals surface area contributed by atoms with Crippen molar-refractivity contribution < 1.29 is 9.47 Å². The van der Waals surface area contributed by atoms with Crippen LogP contribution in [0.15, 0.2) is 4.99 Å². The van der Waals surface area contributed by atoms with Crippen LogP contribution in [0.1, 0.15) is 26.7 Å². The Kier molecular flexibility index (Phi) is 10.4. The molecule has 2 aliphatic rings. The molecule has 0 aromatic rings. The van der Waals surface area contributed by atoms with Gasteiger partial charge in [-0.25, -0.2) is 0 Å². The predicted octanol–water partition coefficient (Wildman–Crippen LogP) is 1.39. The van der Waals surface area contributed by atoms with E-state index in [1.165, 1.54) is 12.8 Å². The highest BCUT2D eigenvalue weighted by Crippen LogP contribution is 2.20. The summed E-state index contributed by atoms with van der Waals surface area (Å²) in [7, 11) is 0. The number of hydrogen-bond donors (Lipinski definition) is 1. The van der Waals surface area contributed by atoms with E-state index in [2.05, 4.69) is 23.6 Å². The summed E-state index contributed by atoms with van der Waals surface area (Å²) in [5.74, 6) is 1.34. The van der Waals surface area contributed by atoms with Crippen molar-refractivity contribution in [3.05, 3.63) is 0 Å². The molecule has 2 N–H and O–H groups in total. The second-order valence-corrected chi connectivity index (χ2v) is 6.09. The van der Waals surface area contributed by atoms with Crippen molar-refractivity contribution in [1.29, 1.82) is 0 Å². The number of nitrogens with zero attached hydrogens (tertiary/aromatic N) is 3. The summed E-state index contributed by atoms with van der Waals surface area (Å²) < 4.78 is 10.9. The molecule has 1 unspecified atom stereocenters. The number of halogens is 1. The molecule has 0 radical (unpaired) electrons. The molecule has 2 rings (SSSR count). The third-order valence-corrected chi connectivity index (χ3v) is 4.88. The fraction of sp³-hybridized carbons (Fsp3) is 0.938. The van der Waals surface area contributed by atoms with E-state index in [9.17, 15) is 0 Å². The van der Waals surface area contributed by atoms with Crippen molar-refractivity contribution in [3.8, 4) is 0 Å².